The van der Waals surface area contributed by atoms with Gasteiger partial charge in [-0.15, -0.1) is 0 Å². The number of benzene rings is 2. The van der Waals surface area contributed by atoms with Crippen LogP contribution in [0.3, 0.4) is 0 Å². The number of nitrogens with zero attached hydrogens (tertiary/aromatic N) is 1. The van der Waals surface area contributed by atoms with Gasteiger partial charge in [-0.05, 0) is 36.4 Å². The second-order valence-electron chi connectivity index (χ2n) is 4.70. The van der Waals surface area contributed by atoms with Crippen LogP contribution in [0.4, 0.5) is 5.69 Å². The number of pyridine rings is 1. The number of methoxy groups -OCH3 is 2. The van der Waals surface area contributed by atoms with E-state index in [9.17, 15) is 0 Å². The highest BCUT2D eigenvalue weighted by Gasteiger charge is 2.11. The van der Waals surface area contributed by atoms with E-state index < -0.39 is 0 Å². The fourth-order valence-corrected chi connectivity index (χ4v) is 2.20. The van der Waals surface area contributed by atoms with Gasteiger partial charge in [0.2, 0.25) is 0 Å². The van der Waals surface area contributed by atoms with Gasteiger partial charge >= 0.3 is 0 Å². The first-order valence-corrected chi connectivity index (χ1v) is 9.75. The molecule has 3 rings (SSSR count). The maximum atomic E-state index is 5.93. The normalized spacial score (nSPS) is 8.86. The molecule has 5 heteroatoms. The lowest BCUT2D eigenvalue weighted by Gasteiger charge is -2.12. The number of hydrogen-bond donors (Lipinski definition) is 1. The molecule has 0 spiro atoms. The van der Waals surface area contributed by atoms with E-state index in [4.69, 9.17) is 19.9 Å². The van der Waals surface area contributed by atoms with Crippen molar-refractivity contribution in [3.8, 4) is 23.0 Å². The van der Waals surface area contributed by atoms with E-state index in [2.05, 4.69) is 4.98 Å². The quantitative estimate of drug-likeness (QED) is 0.505. The summed E-state index contributed by atoms with van der Waals surface area (Å²) in [5.74, 6) is 2.66. The van der Waals surface area contributed by atoms with Gasteiger partial charge in [0, 0.05) is 23.3 Å². The van der Waals surface area contributed by atoms with Gasteiger partial charge in [-0.3, -0.25) is 4.98 Å². The van der Waals surface area contributed by atoms with Gasteiger partial charge in [0.25, 0.3) is 0 Å². The molecule has 5 nitrogen and oxygen atoms in total. The molecule has 0 fully saturated rings. The summed E-state index contributed by atoms with van der Waals surface area (Å²) in [4.78, 5) is 4.35. The van der Waals surface area contributed by atoms with Gasteiger partial charge in [-0.1, -0.05) is 41.5 Å². The van der Waals surface area contributed by atoms with Crippen LogP contribution in [0.15, 0.2) is 48.7 Å². The fraction of sp³-hybridized carbons (Fsp3) is 0.348. The van der Waals surface area contributed by atoms with Crippen molar-refractivity contribution >= 4 is 16.6 Å². The van der Waals surface area contributed by atoms with Crippen LogP contribution < -0.4 is 19.9 Å². The molecule has 2 aromatic carbocycles. The first-order valence-electron chi connectivity index (χ1n) is 9.75. The molecule has 0 atom stereocenters. The third-order valence-electron chi connectivity index (χ3n) is 3.31. The Kier molecular flexibility index (Phi) is 12.7. The third-order valence-corrected chi connectivity index (χ3v) is 3.31. The van der Waals surface area contributed by atoms with Crippen LogP contribution in [0.5, 0.6) is 23.0 Å². The number of aromatic nitrogens is 1. The molecule has 1 aromatic heterocycles. The Morgan fingerprint density at radius 1 is 0.714 bits per heavy atom. The molecule has 0 amide bonds. The van der Waals surface area contributed by atoms with Gasteiger partial charge in [-0.25, -0.2) is 0 Å². The minimum atomic E-state index is 0.630. The van der Waals surface area contributed by atoms with Crippen LogP contribution in [0.2, 0.25) is 0 Å². The van der Waals surface area contributed by atoms with Gasteiger partial charge in [0.1, 0.15) is 11.5 Å². The number of nitrogen functional groups attached to an aromatic ring is 1. The molecular weight excluding hydrogens is 352 g/mol. The van der Waals surface area contributed by atoms with Crippen molar-refractivity contribution in [1.29, 1.82) is 0 Å². The summed E-state index contributed by atoms with van der Waals surface area (Å²) in [5.41, 5.74) is 7.15. The first-order chi connectivity index (χ1) is 13.7. The second kappa shape index (κ2) is 14.2. The monoisotopic (exact) mass is 386 g/mol. The molecule has 3 aromatic rings. The average molecular weight is 387 g/mol. The SMILES string of the molecule is CC.CC.CC.COc1cc2nccc(Oc3ccc(N)cc3)c2cc1OC. The highest BCUT2D eigenvalue weighted by molar-refractivity contribution is 5.88. The number of hydrogen-bond acceptors (Lipinski definition) is 5. The Morgan fingerprint density at radius 3 is 1.79 bits per heavy atom. The van der Waals surface area contributed by atoms with Crippen LogP contribution in [0.25, 0.3) is 10.9 Å². The van der Waals surface area contributed by atoms with Crippen molar-refractivity contribution in [2.24, 2.45) is 0 Å². The van der Waals surface area contributed by atoms with Crippen molar-refractivity contribution in [3.63, 3.8) is 0 Å². The molecule has 0 aliphatic heterocycles. The van der Waals surface area contributed by atoms with Gasteiger partial charge in [0.05, 0.1) is 19.7 Å². The van der Waals surface area contributed by atoms with E-state index in [-0.39, 0.29) is 0 Å². The Bertz CT molecular complexity index is 803. The molecule has 0 bridgehead atoms. The first kappa shape index (κ1) is 25.1. The Morgan fingerprint density at radius 2 is 1.25 bits per heavy atom. The lowest BCUT2D eigenvalue weighted by molar-refractivity contribution is 0.355. The lowest BCUT2D eigenvalue weighted by atomic mass is 10.2. The average Bonchev–Trinajstić information content (AvgIpc) is 2.78. The Hall–Kier alpha value is -2.95. The number of anilines is 1. The van der Waals surface area contributed by atoms with Crippen molar-refractivity contribution < 1.29 is 14.2 Å². The predicted octanol–water partition coefficient (Wildman–Crippen LogP) is 6.71. The van der Waals surface area contributed by atoms with Gasteiger partial charge < -0.3 is 19.9 Å². The summed E-state index contributed by atoms with van der Waals surface area (Å²) in [6.45, 7) is 12.0. The van der Waals surface area contributed by atoms with Crippen molar-refractivity contribution in [2.45, 2.75) is 41.5 Å². The standard InChI is InChI=1S/C17H16N2O3.3C2H6/c1-20-16-9-13-14(10-17(16)21-2)19-8-7-15(13)22-12-5-3-11(18)4-6-12;3*1-2/h3-10H,18H2,1-2H3;3*1-2H3. The second-order valence-corrected chi connectivity index (χ2v) is 4.70. The van der Waals surface area contributed by atoms with E-state index in [1.807, 2.05) is 71.9 Å². The summed E-state index contributed by atoms with van der Waals surface area (Å²) in [7, 11) is 3.19. The molecule has 154 valence electrons. The molecule has 28 heavy (non-hydrogen) atoms. The van der Waals surface area contributed by atoms with E-state index in [1.54, 1.807) is 32.5 Å². The van der Waals surface area contributed by atoms with Crippen molar-refractivity contribution in [2.75, 3.05) is 20.0 Å². The van der Waals surface area contributed by atoms with Crippen LogP contribution in [0, 0.1) is 0 Å². The van der Waals surface area contributed by atoms with E-state index in [0.29, 0.717) is 28.7 Å². The van der Waals surface area contributed by atoms with E-state index >= 15 is 0 Å². The number of nitrogens with two attached hydrogens (primary N) is 1. The molecule has 0 saturated carbocycles. The summed E-state index contributed by atoms with van der Waals surface area (Å²) < 4.78 is 16.6. The Balaban J connectivity index is 0.00000111. The molecule has 0 saturated heterocycles. The number of ether oxygens (including phenoxy) is 3. The number of rotatable bonds is 4. The molecule has 1 heterocycles. The predicted molar refractivity (Wildman–Crippen MR) is 120 cm³/mol. The Labute approximate surface area is 169 Å². The smallest absolute Gasteiger partial charge is 0.162 e. The summed E-state index contributed by atoms with van der Waals surface area (Å²) in [6, 6.07) is 12.7. The minimum absolute atomic E-state index is 0.630. The topological polar surface area (TPSA) is 66.6 Å². The lowest BCUT2D eigenvalue weighted by Crippen LogP contribution is -1.93. The summed E-state index contributed by atoms with van der Waals surface area (Å²) in [6.07, 6.45) is 1.70. The summed E-state index contributed by atoms with van der Waals surface area (Å²) in [5, 5.41) is 0.844. The highest BCUT2D eigenvalue weighted by Crippen LogP contribution is 2.36. The van der Waals surface area contributed by atoms with E-state index in [1.165, 1.54) is 0 Å². The van der Waals surface area contributed by atoms with Crippen molar-refractivity contribution in [1.82, 2.24) is 4.98 Å². The minimum Gasteiger partial charge on any atom is -0.493 e. The van der Waals surface area contributed by atoms with Crippen LogP contribution in [-0.2, 0) is 0 Å². The third kappa shape index (κ3) is 6.65. The highest BCUT2D eigenvalue weighted by atomic mass is 16.5. The molecule has 0 unspecified atom stereocenters. The van der Waals surface area contributed by atoms with Crippen LogP contribution in [0.1, 0.15) is 41.5 Å². The molecular formula is C23H34N2O3. The zero-order valence-electron chi connectivity index (χ0n) is 18.4. The van der Waals surface area contributed by atoms with Crippen LogP contribution in [-0.4, -0.2) is 19.2 Å². The molecule has 0 radical (unpaired) electrons. The zero-order valence-corrected chi connectivity index (χ0v) is 18.4. The number of fused-ring (bicyclic) bond motifs is 1. The van der Waals surface area contributed by atoms with Gasteiger partial charge in [0.15, 0.2) is 11.5 Å². The maximum Gasteiger partial charge on any atom is 0.162 e. The molecule has 0 aliphatic carbocycles. The zero-order chi connectivity index (χ0) is 21.5. The maximum absolute atomic E-state index is 5.93. The molecule has 0 aliphatic rings. The molecule has 2 N–H and O–H groups in total. The van der Waals surface area contributed by atoms with E-state index in [0.717, 1.165) is 10.9 Å². The summed E-state index contributed by atoms with van der Waals surface area (Å²) >= 11 is 0. The largest absolute Gasteiger partial charge is 0.493 e. The van der Waals surface area contributed by atoms with Crippen LogP contribution >= 0.6 is 0 Å². The van der Waals surface area contributed by atoms with Gasteiger partial charge in [-0.2, -0.15) is 0 Å². The van der Waals surface area contributed by atoms with Crippen molar-refractivity contribution in [3.05, 3.63) is 48.7 Å². The fourth-order valence-electron chi connectivity index (χ4n) is 2.20.